The number of nitrogens with zero attached hydrogens (tertiary/aromatic N) is 2. The molecule has 3 heteroatoms. The first-order chi connectivity index (χ1) is 7.77. The fourth-order valence-electron chi connectivity index (χ4n) is 2.17. The van der Waals surface area contributed by atoms with Crippen molar-refractivity contribution in [1.29, 1.82) is 0 Å². The average Bonchev–Trinajstić information content (AvgIpc) is 2.41. The van der Waals surface area contributed by atoms with Gasteiger partial charge in [0.25, 0.3) is 0 Å². The second-order valence-electron chi connectivity index (χ2n) is 6.22. The summed E-state index contributed by atoms with van der Waals surface area (Å²) in [6.45, 7) is 13.6. The normalized spacial score (nSPS) is 12.4. The highest BCUT2D eigenvalue weighted by Gasteiger charge is 2.27. The lowest BCUT2D eigenvalue weighted by Gasteiger charge is -2.19. The van der Waals surface area contributed by atoms with Crippen molar-refractivity contribution in [3.63, 3.8) is 0 Å². The van der Waals surface area contributed by atoms with Gasteiger partial charge in [-0.05, 0) is 24.2 Å². The van der Waals surface area contributed by atoms with Crippen LogP contribution in [0.2, 0.25) is 0 Å². The molecule has 17 heavy (non-hydrogen) atoms. The monoisotopic (exact) mass is 238 g/mol. The van der Waals surface area contributed by atoms with E-state index in [4.69, 9.17) is 0 Å². The van der Waals surface area contributed by atoms with Crippen molar-refractivity contribution in [2.45, 2.75) is 66.3 Å². The fraction of sp³-hybridized carbons (Fsp3) is 0.786. The van der Waals surface area contributed by atoms with Crippen LogP contribution in [0.15, 0.2) is 0 Å². The van der Waals surface area contributed by atoms with Crippen LogP contribution in [0.3, 0.4) is 0 Å². The molecular weight excluding hydrogens is 212 g/mol. The molecule has 0 bridgehead atoms. The standard InChI is InChI=1S/C14H26N2O/c1-7-8-16-13(17)12(14(4,5)6)11(15-16)9-10(2)3/h10,17H,7-9H2,1-6H3. The summed E-state index contributed by atoms with van der Waals surface area (Å²) in [5.74, 6) is 0.912. The summed E-state index contributed by atoms with van der Waals surface area (Å²) in [5, 5.41) is 14.9. The Hall–Kier alpha value is -0.990. The van der Waals surface area contributed by atoms with Gasteiger partial charge in [-0.25, -0.2) is 4.68 Å². The van der Waals surface area contributed by atoms with Crippen molar-refractivity contribution in [1.82, 2.24) is 9.78 Å². The lowest BCUT2D eigenvalue weighted by Crippen LogP contribution is -2.14. The van der Waals surface area contributed by atoms with E-state index >= 15 is 0 Å². The van der Waals surface area contributed by atoms with Gasteiger partial charge < -0.3 is 5.11 Å². The minimum absolute atomic E-state index is 0.0553. The molecule has 0 radical (unpaired) electrons. The zero-order chi connectivity index (χ0) is 13.2. The van der Waals surface area contributed by atoms with Gasteiger partial charge in [0.1, 0.15) is 0 Å². The summed E-state index contributed by atoms with van der Waals surface area (Å²) in [4.78, 5) is 0. The molecule has 1 aromatic heterocycles. The molecule has 0 spiro atoms. The van der Waals surface area contributed by atoms with Gasteiger partial charge in [-0.15, -0.1) is 0 Å². The van der Waals surface area contributed by atoms with Crippen molar-refractivity contribution in [3.8, 4) is 5.88 Å². The molecule has 0 aromatic carbocycles. The maximum Gasteiger partial charge on any atom is 0.213 e. The molecule has 0 aliphatic heterocycles. The summed E-state index contributed by atoms with van der Waals surface area (Å²) in [6, 6.07) is 0. The Balaban J connectivity index is 3.22. The number of hydrogen-bond donors (Lipinski definition) is 1. The third kappa shape index (κ3) is 3.24. The van der Waals surface area contributed by atoms with E-state index in [9.17, 15) is 5.11 Å². The maximum atomic E-state index is 10.3. The van der Waals surface area contributed by atoms with E-state index in [0.29, 0.717) is 11.8 Å². The molecular formula is C14H26N2O. The highest BCUT2D eigenvalue weighted by atomic mass is 16.3. The Kier molecular flexibility index (Phi) is 4.23. The Bertz CT molecular complexity index is 372. The van der Waals surface area contributed by atoms with Crippen LogP contribution < -0.4 is 0 Å². The van der Waals surface area contributed by atoms with Gasteiger partial charge in [0.05, 0.1) is 5.69 Å². The highest BCUT2D eigenvalue weighted by molar-refractivity contribution is 5.37. The SMILES string of the molecule is CCCn1nc(CC(C)C)c(C(C)(C)C)c1O. The van der Waals surface area contributed by atoms with Crippen LogP contribution in [0.1, 0.15) is 59.2 Å². The van der Waals surface area contributed by atoms with E-state index in [1.54, 1.807) is 4.68 Å². The number of aromatic nitrogens is 2. The maximum absolute atomic E-state index is 10.3. The number of aromatic hydroxyl groups is 1. The van der Waals surface area contributed by atoms with Gasteiger partial charge in [0, 0.05) is 12.1 Å². The van der Waals surface area contributed by atoms with E-state index in [2.05, 4.69) is 46.6 Å². The summed E-state index contributed by atoms with van der Waals surface area (Å²) in [5.41, 5.74) is 2.01. The lowest BCUT2D eigenvalue weighted by molar-refractivity contribution is 0.383. The molecule has 3 nitrogen and oxygen atoms in total. The van der Waals surface area contributed by atoms with Crippen molar-refractivity contribution in [2.24, 2.45) is 5.92 Å². The molecule has 0 saturated carbocycles. The van der Waals surface area contributed by atoms with Crippen LogP contribution in [0.5, 0.6) is 5.88 Å². The first-order valence-electron chi connectivity index (χ1n) is 6.56. The molecule has 0 unspecified atom stereocenters. The van der Waals surface area contributed by atoms with Gasteiger partial charge in [-0.2, -0.15) is 5.10 Å². The molecule has 1 N–H and O–H groups in total. The van der Waals surface area contributed by atoms with E-state index in [0.717, 1.165) is 30.6 Å². The topological polar surface area (TPSA) is 38.0 Å². The Morgan fingerprint density at radius 1 is 1.29 bits per heavy atom. The Morgan fingerprint density at radius 3 is 2.29 bits per heavy atom. The van der Waals surface area contributed by atoms with Crippen LogP contribution in [-0.4, -0.2) is 14.9 Å². The van der Waals surface area contributed by atoms with Crippen LogP contribution in [0.4, 0.5) is 0 Å². The van der Waals surface area contributed by atoms with Gasteiger partial charge in [-0.1, -0.05) is 41.5 Å². The molecule has 1 aromatic rings. The molecule has 0 fully saturated rings. The van der Waals surface area contributed by atoms with Crippen LogP contribution in [0, 0.1) is 5.92 Å². The predicted octanol–water partition coefficient (Wildman–Crippen LogP) is 3.49. The Morgan fingerprint density at radius 2 is 1.88 bits per heavy atom. The molecule has 0 saturated heterocycles. The van der Waals surface area contributed by atoms with Gasteiger partial charge in [0.15, 0.2) is 0 Å². The van der Waals surface area contributed by atoms with Gasteiger partial charge >= 0.3 is 0 Å². The minimum Gasteiger partial charge on any atom is -0.493 e. The molecule has 0 aliphatic rings. The van der Waals surface area contributed by atoms with Gasteiger partial charge in [0.2, 0.25) is 5.88 Å². The van der Waals surface area contributed by atoms with E-state index in [1.807, 2.05) is 0 Å². The summed E-state index contributed by atoms with van der Waals surface area (Å²) < 4.78 is 1.75. The minimum atomic E-state index is -0.0553. The molecule has 0 atom stereocenters. The summed E-state index contributed by atoms with van der Waals surface area (Å²) >= 11 is 0. The summed E-state index contributed by atoms with van der Waals surface area (Å²) in [6.07, 6.45) is 1.91. The smallest absolute Gasteiger partial charge is 0.213 e. The second kappa shape index (κ2) is 5.11. The predicted molar refractivity (Wildman–Crippen MR) is 71.4 cm³/mol. The fourth-order valence-corrected chi connectivity index (χ4v) is 2.17. The Labute approximate surface area is 105 Å². The summed E-state index contributed by atoms with van der Waals surface area (Å²) in [7, 11) is 0. The lowest BCUT2D eigenvalue weighted by atomic mass is 9.85. The van der Waals surface area contributed by atoms with E-state index in [1.165, 1.54) is 0 Å². The van der Waals surface area contributed by atoms with E-state index in [-0.39, 0.29) is 5.41 Å². The van der Waals surface area contributed by atoms with Crippen molar-refractivity contribution < 1.29 is 5.11 Å². The third-order valence-electron chi connectivity index (χ3n) is 2.79. The molecule has 1 heterocycles. The van der Waals surface area contributed by atoms with Gasteiger partial charge in [-0.3, -0.25) is 0 Å². The number of hydrogen-bond acceptors (Lipinski definition) is 2. The molecule has 98 valence electrons. The zero-order valence-corrected chi connectivity index (χ0v) is 12.0. The van der Waals surface area contributed by atoms with Crippen LogP contribution >= 0.6 is 0 Å². The molecule has 0 aliphatic carbocycles. The first kappa shape index (κ1) is 14.1. The number of rotatable bonds is 4. The first-order valence-corrected chi connectivity index (χ1v) is 6.56. The van der Waals surface area contributed by atoms with E-state index < -0.39 is 0 Å². The number of aryl methyl sites for hydroxylation is 1. The van der Waals surface area contributed by atoms with Crippen molar-refractivity contribution in [3.05, 3.63) is 11.3 Å². The zero-order valence-electron chi connectivity index (χ0n) is 12.0. The second-order valence-corrected chi connectivity index (χ2v) is 6.22. The largest absolute Gasteiger partial charge is 0.493 e. The molecule has 0 amide bonds. The van der Waals surface area contributed by atoms with Crippen LogP contribution in [0.25, 0.3) is 0 Å². The highest BCUT2D eigenvalue weighted by Crippen LogP contribution is 2.34. The average molecular weight is 238 g/mol. The third-order valence-corrected chi connectivity index (χ3v) is 2.79. The van der Waals surface area contributed by atoms with Crippen LogP contribution in [-0.2, 0) is 18.4 Å². The van der Waals surface area contributed by atoms with Crippen molar-refractivity contribution >= 4 is 0 Å². The van der Waals surface area contributed by atoms with Crippen molar-refractivity contribution in [2.75, 3.05) is 0 Å². The molecule has 1 rings (SSSR count). The quantitative estimate of drug-likeness (QED) is 0.872.